The second kappa shape index (κ2) is 4.41. The number of fused-ring (bicyclic) bond motifs is 1. The maximum absolute atomic E-state index is 9.12. The standard InChI is InChI=1S/C11H13BrO3/c1-7(6-13)8-4-10-11(5-9(8)12)15-3-2-14-10/h4-5,7,13H,2-3,6H2,1H3. The highest BCUT2D eigenvalue weighted by atomic mass is 79.9. The summed E-state index contributed by atoms with van der Waals surface area (Å²) in [5.74, 6) is 1.62. The summed E-state index contributed by atoms with van der Waals surface area (Å²) in [6, 6.07) is 3.83. The molecule has 1 N–H and O–H groups in total. The first kappa shape index (κ1) is 10.8. The van der Waals surface area contributed by atoms with E-state index in [0.717, 1.165) is 21.5 Å². The lowest BCUT2D eigenvalue weighted by atomic mass is 10.0. The zero-order valence-corrected chi connectivity index (χ0v) is 10.1. The molecule has 1 aromatic carbocycles. The highest BCUT2D eigenvalue weighted by Gasteiger charge is 2.17. The Bertz CT molecular complexity index is 365. The van der Waals surface area contributed by atoms with Gasteiger partial charge in [-0.1, -0.05) is 22.9 Å². The van der Waals surface area contributed by atoms with Gasteiger partial charge < -0.3 is 14.6 Å². The fourth-order valence-electron chi connectivity index (χ4n) is 1.56. The van der Waals surface area contributed by atoms with Crippen molar-refractivity contribution in [1.82, 2.24) is 0 Å². The molecule has 1 aromatic rings. The minimum absolute atomic E-state index is 0.0928. The number of benzene rings is 1. The van der Waals surface area contributed by atoms with Crippen LogP contribution in [0.3, 0.4) is 0 Å². The third kappa shape index (κ3) is 2.11. The van der Waals surface area contributed by atoms with E-state index in [9.17, 15) is 0 Å². The molecule has 4 heteroatoms. The molecule has 0 saturated heterocycles. The van der Waals surface area contributed by atoms with Crippen molar-refractivity contribution >= 4 is 15.9 Å². The lowest BCUT2D eigenvalue weighted by molar-refractivity contribution is 0.171. The van der Waals surface area contributed by atoms with E-state index in [2.05, 4.69) is 15.9 Å². The van der Waals surface area contributed by atoms with Gasteiger partial charge in [0.2, 0.25) is 0 Å². The van der Waals surface area contributed by atoms with Crippen molar-refractivity contribution in [3.05, 3.63) is 22.2 Å². The molecular formula is C11H13BrO3. The van der Waals surface area contributed by atoms with Crippen molar-refractivity contribution in [3.63, 3.8) is 0 Å². The van der Waals surface area contributed by atoms with Crippen LogP contribution in [0.25, 0.3) is 0 Å². The van der Waals surface area contributed by atoms with E-state index in [1.165, 1.54) is 0 Å². The Morgan fingerprint density at radius 3 is 2.53 bits per heavy atom. The summed E-state index contributed by atoms with van der Waals surface area (Å²) in [6.07, 6.45) is 0. The summed E-state index contributed by atoms with van der Waals surface area (Å²) in [4.78, 5) is 0. The normalized spacial score (nSPS) is 16.2. The third-order valence-corrected chi connectivity index (χ3v) is 3.15. The predicted molar refractivity (Wildman–Crippen MR) is 60.6 cm³/mol. The van der Waals surface area contributed by atoms with E-state index in [-0.39, 0.29) is 12.5 Å². The van der Waals surface area contributed by atoms with Crippen LogP contribution in [0.5, 0.6) is 11.5 Å². The van der Waals surface area contributed by atoms with Crippen LogP contribution in [0.4, 0.5) is 0 Å². The second-order valence-electron chi connectivity index (χ2n) is 3.60. The topological polar surface area (TPSA) is 38.7 Å². The van der Waals surface area contributed by atoms with Crippen molar-refractivity contribution in [3.8, 4) is 11.5 Å². The number of aliphatic hydroxyl groups is 1. The summed E-state index contributed by atoms with van der Waals surface area (Å²) in [5, 5.41) is 9.12. The number of rotatable bonds is 2. The van der Waals surface area contributed by atoms with Gasteiger partial charge in [-0.3, -0.25) is 0 Å². The lowest BCUT2D eigenvalue weighted by Gasteiger charge is -2.21. The summed E-state index contributed by atoms with van der Waals surface area (Å²) < 4.78 is 11.9. The first-order valence-corrected chi connectivity index (χ1v) is 5.71. The van der Waals surface area contributed by atoms with Gasteiger partial charge in [0, 0.05) is 17.0 Å². The molecule has 1 heterocycles. The minimum atomic E-state index is 0.0928. The molecule has 82 valence electrons. The maximum Gasteiger partial charge on any atom is 0.162 e. The Labute approximate surface area is 97.1 Å². The van der Waals surface area contributed by atoms with Crippen molar-refractivity contribution < 1.29 is 14.6 Å². The summed E-state index contributed by atoms with van der Waals surface area (Å²) in [6.45, 7) is 3.27. The lowest BCUT2D eigenvalue weighted by Crippen LogP contribution is -2.16. The van der Waals surface area contributed by atoms with Crippen molar-refractivity contribution in [2.24, 2.45) is 0 Å². The first-order chi connectivity index (χ1) is 7.22. The van der Waals surface area contributed by atoms with Gasteiger partial charge in [-0.2, -0.15) is 0 Å². The predicted octanol–water partition coefficient (Wildman–Crippen LogP) is 2.32. The summed E-state index contributed by atoms with van der Waals surface area (Å²) >= 11 is 3.47. The van der Waals surface area contributed by atoms with Crippen LogP contribution >= 0.6 is 15.9 Å². The highest BCUT2D eigenvalue weighted by molar-refractivity contribution is 9.10. The molecule has 0 radical (unpaired) electrons. The summed E-state index contributed by atoms with van der Waals surface area (Å²) in [7, 11) is 0. The van der Waals surface area contributed by atoms with Crippen molar-refractivity contribution in [2.75, 3.05) is 19.8 Å². The molecule has 0 amide bonds. The molecule has 15 heavy (non-hydrogen) atoms. The van der Waals surface area contributed by atoms with Crippen LogP contribution in [-0.4, -0.2) is 24.9 Å². The molecule has 0 bridgehead atoms. The SMILES string of the molecule is CC(CO)c1cc2c(cc1Br)OCCO2. The molecule has 0 saturated carbocycles. The molecule has 0 aromatic heterocycles. The fourth-order valence-corrected chi connectivity index (χ4v) is 2.27. The maximum atomic E-state index is 9.12. The molecule has 1 unspecified atom stereocenters. The molecule has 0 aliphatic carbocycles. The van der Waals surface area contributed by atoms with Gasteiger partial charge in [-0.25, -0.2) is 0 Å². The molecule has 0 fully saturated rings. The quantitative estimate of drug-likeness (QED) is 0.898. The molecule has 0 spiro atoms. The fraction of sp³-hybridized carbons (Fsp3) is 0.455. The highest BCUT2D eigenvalue weighted by Crippen LogP contribution is 2.38. The number of halogens is 1. The van der Waals surface area contributed by atoms with Gasteiger partial charge in [0.05, 0.1) is 0 Å². The number of hydrogen-bond donors (Lipinski definition) is 1. The number of ether oxygens (including phenoxy) is 2. The zero-order valence-electron chi connectivity index (χ0n) is 8.50. The van der Waals surface area contributed by atoms with Gasteiger partial charge in [0.15, 0.2) is 11.5 Å². The van der Waals surface area contributed by atoms with E-state index in [0.29, 0.717) is 13.2 Å². The molecule has 3 nitrogen and oxygen atoms in total. The van der Waals surface area contributed by atoms with Gasteiger partial charge in [0.25, 0.3) is 0 Å². The Morgan fingerprint density at radius 2 is 1.93 bits per heavy atom. The van der Waals surface area contributed by atoms with Crippen LogP contribution in [0, 0.1) is 0 Å². The second-order valence-corrected chi connectivity index (χ2v) is 4.46. The molecular weight excluding hydrogens is 260 g/mol. The van der Waals surface area contributed by atoms with Crippen LogP contribution < -0.4 is 9.47 Å². The Kier molecular flexibility index (Phi) is 3.17. The first-order valence-electron chi connectivity index (χ1n) is 4.92. The largest absolute Gasteiger partial charge is 0.486 e. The van der Waals surface area contributed by atoms with Crippen molar-refractivity contribution in [1.29, 1.82) is 0 Å². The van der Waals surface area contributed by atoms with E-state index < -0.39 is 0 Å². The third-order valence-electron chi connectivity index (χ3n) is 2.47. The molecule has 1 aliphatic heterocycles. The van der Waals surface area contributed by atoms with Gasteiger partial charge in [-0.05, 0) is 17.7 Å². The molecule has 1 atom stereocenters. The molecule has 2 rings (SSSR count). The van der Waals surface area contributed by atoms with E-state index in [1.807, 2.05) is 19.1 Å². The average Bonchev–Trinajstić information content (AvgIpc) is 2.27. The summed E-state index contributed by atoms with van der Waals surface area (Å²) in [5.41, 5.74) is 1.04. The monoisotopic (exact) mass is 272 g/mol. The van der Waals surface area contributed by atoms with E-state index in [1.54, 1.807) is 0 Å². The Hall–Kier alpha value is -0.740. The van der Waals surface area contributed by atoms with Crippen molar-refractivity contribution in [2.45, 2.75) is 12.8 Å². The number of aliphatic hydroxyl groups excluding tert-OH is 1. The van der Waals surface area contributed by atoms with Crippen LogP contribution in [0.15, 0.2) is 16.6 Å². The van der Waals surface area contributed by atoms with Gasteiger partial charge >= 0.3 is 0 Å². The van der Waals surface area contributed by atoms with Crippen LogP contribution in [0.1, 0.15) is 18.4 Å². The van der Waals surface area contributed by atoms with Crippen LogP contribution in [0.2, 0.25) is 0 Å². The average molecular weight is 273 g/mol. The van der Waals surface area contributed by atoms with E-state index in [4.69, 9.17) is 14.6 Å². The smallest absolute Gasteiger partial charge is 0.162 e. The minimum Gasteiger partial charge on any atom is -0.486 e. The number of hydrogen-bond acceptors (Lipinski definition) is 3. The van der Waals surface area contributed by atoms with E-state index >= 15 is 0 Å². The Morgan fingerprint density at radius 1 is 1.33 bits per heavy atom. The van der Waals surface area contributed by atoms with Gasteiger partial charge in [0.1, 0.15) is 13.2 Å². The molecule has 1 aliphatic rings. The Balaban J connectivity index is 2.40. The zero-order chi connectivity index (χ0) is 10.8. The van der Waals surface area contributed by atoms with Gasteiger partial charge in [-0.15, -0.1) is 0 Å². The van der Waals surface area contributed by atoms with Crippen LogP contribution in [-0.2, 0) is 0 Å².